The molecule has 1 saturated heterocycles. The number of amides is 1. The molecule has 32 heavy (non-hydrogen) atoms. The van der Waals surface area contributed by atoms with Crippen LogP contribution in [0.1, 0.15) is 42.1 Å². The molecule has 2 heterocycles. The molecule has 6 nitrogen and oxygen atoms in total. The maximum Gasteiger partial charge on any atom is 0.270 e. The number of benzene rings is 1. The Bertz CT molecular complexity index is 1140. The number of rotatable bonds is 6. The minimum Gasteiger partial charge on any atom is -0.354 e. The van der Waals surface area contributed by atoms with Crippen LogP contribution in [0.3, 0.4) is 0 Å². The third-order valence-corrected chi connectivity index (χ3v) is 8.04. The molecule has 2 N–H and O–H groups in total. The Labute approximate surface area is 187 Å². The van der Waals surface area contributed by atoms with E-state index in [4.69, 9.17) is 0 Å². The minimum atomic E-state index is -3.16. The van der Waals surface area contributed by atoms with E-state index in [9.17, 15) is 23.0 Å². The molecular weight excluding hydrogens is 434 g/mol. The minimum absolute atomic E-state index is 0.294. The van der Waals surface area contributed by atoms with E-state index in [1.54, 1.807) is 37.4 Å². The normalized spacial score (nSPS) is 27.7. The molecule has 4 rings (SSSR count). The van der Waals surface area contributed by atoms with Crippen molar-refractivity contribution < 1.29 is 17.8 Å². The highest BCUT2D eigenvalue weighted by atomic mass is 32.2. The first-order valence-corrected chi connectivity index (χ1v) is 11.9. The summed E-state index contributed by atoms with van der Waals surface area (Å²) in [4.78, 5) is 16.8. The maximum atomic E-state index is 14.7. The lowest BCUT2D eigenvalue weighted by molar-refractivity contribution is -0.129. The highest BCUT2D eigenvalue weighted by Crippen LogP contribution is 2.71. The SMILES string of the molecule is CCc1c(Nc2ccc(C3C(F)(F)C3(C)C(=O)NC3CS(=O)C3)cc2)cnc(C)c1C#N. The molecular formula is C23H24F2N4O2S. The molecule has 0 radical (unpaired) electrons. The maximum absolute atomic E-state index is 14.7. The van der Waals surface area contributed by atoms with Crippen molar-refractivity contribution in [2.45, 2.75) is 45.1 Å². The summed E-state index contributed by atoms with van der Waals surface area (Å²) in [7, 11) is -0.966. The summed E-state index contributed by atoms with van der Waals surface area (Å²) in [5, 5.41) is 15.3. The number of nitriles is 1. The van der Waals surface area contributed by atoms with Gasteiger partial charge in [-0.3, -0.25) is 14.0 Å². The van der Waals surface area contributed by atoms with Crippen molar-refractivity contribution in [3.05, 3.63) is 52.8 Å². The van der Waals surface area contributed by atoms with Gasteiger partial charge in [-0.05, 0) is 43.5 Å². The molecule has 0 spiro atoms. The fourth-order valence-corrected chi connectivity index (χ4v) is 5.34. The van der Waals surface area contributed by atoms with Crippen molar-refractivity contribution >= 4 is 28.1 Å². The van der Waals surface area contributed by atoms with Crippen LogP contribution in [-0.2, 0) is 22.0 Å². The predicted octanol–water partition coefficient (Wildman–Crippen LogP) is 3.55. The lowest BCUT2D eigenvalue weighted by atomic mass is 9.99. The monoisotopic (exact) mass is 458 g/mol. The van der Waals surface area contributed by atoms with Gasteiger partial charge in [-0.15, -0.1) is 0 Å². The molecule has 2 unspecified atom stereocenters. The molecule has 0 bridgehead atoms. The zero-order chi connectivity index (χ0) is 23.3. The van der Waals surface area contributed by atoms with E-state index >= 15 is 0 Å². The van der Waals surface area contributed by atoms with Gasteiger partial charge in [0.25, 0.3) is 5.92 Å². The van der Waals surface area contributed by atoms with Gasteiger partial charge in [-0.25, -0.2) is 8.78 Å². The van der Waals surface area contributed by atoms with Crippen molar-refractivity contribution in [1.82, 2.24) is 10.3 Å². The highest BCUT2D eigenvalue weighted by Gasteiger charge is 2.82. The number of anilines is 2. The van der Waals surface area contributed by atoms with Gasteiger partial charge in [-0.1, -0.05) is 19.1 Å². The summed E-state index contributed by atoms with van der Waals surface area (Å²) in [5.41, 5.74) is 1.96. The van der Waals surface area contributed by atoms with Gasteiger partial charge in [0.2, 0.25) is 5.91 Å². The van der Waals surface area contributed by atoms with Crippen LogP contribution < -0.4 is 10.6 Å². The van der Waals surface area contributed by atoms with Crippen LogP contribution in [0.4, 0.5) is 20.2 Å². The average molecular weight is 459 g/mol. The topological polar surface area (TPSA) is 94.9 Å². The quantitative estimate of drug-likeness (QED) is 0.690. The smallest absolute Gasteiger partial charge is 0.270 e. The molecule has 2 aromatic rings. The van der Waals surface area contributed by atoms with E-state index in [1.807, 2.05) is 6.92 Å². The Morgan fingerprint density at radius 2 is 1.97 bits per heavy atom. The first-order chi connectivity index (χ1) is 15.1. The van der Waals surface area contributed by atoms with Crippen LogP contribution in [0.25, 0.3) is 0 Å². The summed E-state index contributed by atoms with van der Waals surface area (Å²) in [6, 6.07) is 8.44. The molecule has 1 saturated carbocycles. The molecule has 9 heteroatoms. The third kappa shape index (κ3) is 3.47. The number of hydrogen-bond donors (Lipinski definition) is 2. The van der Waals surface area contributed by atoms with Crippen molar-refractivity contribution in [3.8, 4) is 6.07 Å². The standard InChI is InChI=1S/C23H24F2N4O2S/c1-4-17-18(9-26)13(2)27-10-19(17)28-15-7-5-14(6-8-15)20-22(3,23(20,24)25)21(30)29-16-11-32(31)12-16/h5-8,10,16,20,28H,4,11-12H2,1-3H3,(H,29,30). The van der Waals surface area contributed by atoms with Gasteiger partial charge in [0.15, 0.2) is 0 Å². The summed E-state index contributed by atoms with van der Waals surface area (Å²) in [6.45, 7) is 5.01. The van der Waals surface area contributed by atoms with Crippen LogP contribution >= 0.6 is 0 Å². The number of nitrogens with zero attached hydrogens (tertiary/aromatic N) is 2. The van der Waals surface area contributed by atoms with Crippen molar-refractivity contribution in [1.29, 1.82) is 5.26 Å². The number of carbonyl (C=O) groups excluding carboxylic acids is 1. The number of aromatic nitrogens is 1. The van der Waals surface area contributed by atoms with Gasteiger partial charge >= 0.3 is 0 Å². The Kier molecular flexibility index (Phi) is 5.53. The van der Waals surface area contributed by atoms with Gasteiger partial charge in [-0.2, -0.15) is 5.26 Å². The van der Waals surface area contributed by atoms with E-state index in [1.165, 1.54) is 6.92 Å². The van der Waals surface area contributed by atoms with Crippen molar-refractivity contribution in [2.24, 2.45) is 5.41 Å². The van der Waals surface area contributed by atoms with Crippen LogP contribution in [0.5, 0.6) is 0 Å². The van der Waals surface area contributed by atoms with E-state index in [0.717, 1.165) is 5.56 Å². The first-order valence-electron chi connectivity index (χ1n) is 10.4. The third-order valence-electron chi connectivity index (χ3n) is 6.49. The second-order valence-corrected chi connectivity index (χ2v) is 10.1. The lowest BCUT2D eigenvalue weighted by Crippen LogP contribution is -2.52. The van der Waals surface area contributed by atoms with Crippen molar-refractivity contribution in [2.75, 3.05) is 16.8 Å². The second-order valence-electron chi connectivity index (χ2n) is 8.53. The van der Waals surface area contributed by atoms with Crippen LogP contribution in [0.2, 0.25) is 0 Å². The Morgan fingerprint density at radius 1 is 1.31 bits per heavy atom. The number of carbonyl (C=O) groups is 1. The summed E-state index contributed by atoms with van der Waals surface area (Å²) in [5.74, 6) is -4.43. The number of hydrogen-bond acceptors (Lipinski definition) is 5. The fraction of sp³-hybridized carbons (Fsp3) is 0.435. The molecule has 1 amide bonds. The molecule has 168 valence electrons. The summed E-state index contributed by atoms with van der Waals surface area (Å²) in [6.07, 6.45) is 2.30. The summed E-state index contributed by atoms with van der Waals surface area (Å²) >= 11 is 0. The molecule has 2 atom stereocenters. The Balaban J connectivity index is 1.51. The lowest BCUT2D eigenvalue weighted by Gasteiger charge is -2.27. The Morgan fingerprint density at radius 3 is 2.53 bits per heavy atom. The van der Waals surface area contributed by atoms with E-state index in [-0.39, 0.29) is 6.04 Å². The first kappa shape index (κ1) is 22.3. The number of aryl methyl sites for hydroxylation is 1. The van der Waals surface area contributed by atoms with E-state index in [0.29, 0.717) is 46.1 Å². The molecule has 1 aliphatic carbocycles. The fourth-order valence-electron chi connectivity index (χ4n) is 4.37. The predicted molar refractivity (Wildman–Crippen MR) is 118 cm³/mol. The largest absolute Gasteiger partial charge is 0.354 e. The molecule has 2 aliphatic rings. The second kappa shape index (κ2) is 7.93. The van der Waals surface area contributed by atoms with E-state index < -0.39 is 34.0 Å². The molecule has 1 aromatic heterocycles. The zero-order valence-corrected chi connectivity index (χ0v) is 18.9. The average Bonchev–Trinajstić information content (AvgIpc) is 3.21. The number of alkyl halides is 2. The molecule has 2 fully saturated rings. The molecule has 1 aromatic carbocycles. The zero-order valence-electron chi connectivity index (χ0n) is 18.0. The van der Waals surface area contributed by atoms with Gasteiger partial charge in [0.05, 0.1) is 35.1 Å². The van der Waals surface area contributed by atoms with Gasteiger partial charge in [0.1, 0.15) is 11.5 Å². The van der Waals surface area contributed by atoms with Gasteiger partial charge < -0.3 is 10.6 Å². The number of halogens is 2. The Hall–Kier alpha value is -2.86. The van der Waals surface area contributed by atoms with Gasteiger partial charge in [0, 0.05) is 28.0 Å². The van der Waals surface area contributed by atoms with Crippen LogP contribution in [-0.4, -0.2) is 38.6 Å². The highest BCUT2D eigenvalue weighted by molar-refractivity contribution is 7.86. The van der Waals surface area contributed by atoms with Crippen LogP contribution in [0.15, 0.2) is 30.5 Å². The number of pyridine rings is 1. The van der Waals surface area contributed by atoms with Crippen molar-refractivity contribution in [3.63, 3.8) is 0 Å². The summed E-state index contributed by atoms with van der Waals surface area (Å²) < 4.78 is 40.7. The van der Waals surface area contributed by atoms with Crippen LogP contribution in [0, 0.1) is 23.7 Å². The molecule has 1 aliphatic heterocycles. The van der Waals surface area contributed by atoms with E-state index in [2.05, 4.69) is 21.7 Å². The number of nitrogens with one attached hydrogen (secondary N) is 2.